The molecule has 1 aliphatic heterocycles. The van der Waals surface area contributed by atoms with Crippen molar-refractivity contribution >= 4 is 23.4 Å². The van der Waals surface area contributed by atoms with Gasteiger partial charge < -0.3 is 15.1 Å². The number of likely N-dealkylation sites (N-methyl/N-ethyl adjacent to an activating group) is 1. The number of rotatable bonds is 7. The topological polar surface area (TPSA) is 73.0 Å². The van der Waals surface area contributed by atoms with Crippen LogP contribution in [0.25, 0.3) is 0 Å². The van der Waals surface area contributed by atoms with Gasteiger partial charge >= 0.3 is 12.5 Å². The van der Waals surface area contributed by atoms with Gasteiger partial charge in [0.25, 0.3) is 5.91 Å². The number of halogens is 3. The minimum absolute atomic E-state index is 0.0585. The van der Waals surface area contributed by atoms with E-state index in [1.165, 1.54) is 17.0 Å². The van der Waals surface area contributed by atoms with Gasteiger partial charge in [-0.2, -0.15) is 8.78 Å². The zero-order chi connectivity index (χ0) is 24.8. The fourth-order valence-corrected chi connectivity index (χ4v) is 3.60. The van der Waals surface area contributed by atoms with E-state index in [1.807, 2.05) is 32.2 Å². The first-order valence-corrected chi connectivity index (χ1v) is 10.8. The van der Waals surface area contributed by atoms with Crippen molar-refractivity contribution in [1.82, 2.24) is 15.1 Å². The van der Waals surface area contributed by atoms with Crippen LogP contribution in [0.5, 0.6) is 0 Å². The summed E-state index contributed by atoms with van der Waals surface area (Å²) in [7, 11) is 1.98. The molecule has 1 fully saturated rings. The summed E-state index contributed by atoms with van der Waals surface area (Å²) in [6.45, 7) is 3.75. The van der Waals surface area contributed by atoms with Crippen molar-refractivity contribution in [3.63, 3.8) is 0 Å². The van der Waals surface area contributed by atoms with E-state index in [9.17, 15) is 27.6 Å². The maximum atomic E-state index is 14.9. The lowest BCUT2D eigenvalue weighted by Crippen LogP contribution is -2.52. The highest BCUT2D eigenvalue weighted by molar-refractivity contribution is 5.99. The molecule has 0 unspecified atom stereocenters. The molecule has 182 valence electrons. The van der Waals surface area contributed by atoms with Crippen LogP contribution in [0.4, 0.5) is 23.7 Å². The number of hydrogen-bond acceptors (Lipinski definition) is 4. The highest BCUT2D eigenvalue weighted by Gasteiger charge is 2.26. The fraction of sp³-hybridized carbons (Fsp3) is 0.375. The third kappa shape index (κ3) is 6.34. The maximum Gasteiger partial charge on any atom is 0.324 e. The number of benzene rings is 2. The molecule has 7 nitrogen and oxygen atoms in total. The van der Waals surface area contributed by atoms with Gasteiger partial charge in [0.05, 0.1) is 13.1 Å². The maximum absolute atomic E-state index is 14.9. The minimum atomic E-state index is -3.24. The van der Waals surface area contributed by atoms with E-state index in [0.717, 1.165) is 24.7 Å². The van der Waals surface area contributed by atoms with Gasteiger partial charge in [0.15, 0.2) is 5.78 Å². The number of ketones is 1. The molecule has 2 aromatic rings. The largest absolute Gasteiger partial charge is 0.344 e. The SMILES string of the molecule is Cc1cccc(N(Cc2ccc(C(=O)CNC(=O)C(F)F)cc2F)C(=O)N2CCN(C)CC2)c1. The smallest absolute Gasteiger partial charge is 0.324 e. The Balaban J connectivity index is 1.80. The molecule has 1 aliphatic rings. The molecular formula is C24H27F3N4O3. The van der Waals surface area contributed by atoms with E-state index < -0.39 is 30.5 Å². The van der Waals surface area contributed by atoms with E-state index in [4.69, 9.17) is 0 Å². The lowest BCUT2D eigenvalue weighted by Gasteiger charge is -2.36. The predicted octanol–water partition coefficient (Wildman–Crippen LogP) is 3.07. The quantitative estimate of drug-likeness (QED) is 0.624. The second kappa shape index (κ2) is 11.1. The van der Waals surface area contributed by atoms with Gasteiger partial charge in [-0.1, -0.05) is 24.3 Å². The van der Waals surface area contributed by atoms with E-state index in [2.05, 4.69) is 4.90 Å². The van der Waals surface area contributed by atoms with Crippen molar-refractivity contribution in [2.24, 2.45) is 0 Å². The molecule has 34 heavy (non-hydrogen) atoms. The zero-order valence-electron chi connectivity index (χ0n) is 19.1. The Bertz CT molecular complexity index is 1060. The Kier molecular flexibility index (Phi) is 8.27. The number of carbonyl (C=O) groups is 3. The number of aryl methyl sites for hydroxylation is 1. The highest BCUT2D eigenvalue weighted by atomic mass is 19.3. The van der Waals surface area contributed by atoms with E-state index >= 15 is 0 Å². The molecule has 0 atom stereocenters. The van der Waals surface area contributed by atoms with Crippen LogP contribution in [0.15, 0.2) is 42.5 Å². The molecule has 3 amide bonds. The van der Waals surface area contributed by atoms with E-state index in [0.29, 0.717) is 18.8 Å². The molecule has 1 saturated heterocycles. The average molecular weight is 476 g/mol. The number of hydrogen-bond donors (Lipinski definition) is 1. The molecule has 10 heteroatoms. The Morgan fingerprint density at radius 2 is 1.76 bits per heavy atom. The molecular weight excluding hydrogens is 449 g/mol. The van der Waals surface area contributed by atoms with Crippen LogP contribution in [-0.4, -0.2) is 73.7 Å². The van der Waals surface area contributed by atoms with Crippen LogP contribution in [0.1, 0.15) is 21.5 Å². The van der Waals surface area contributed by atoms with Crippen molar-refractivity contribution in [3.8, 4) is 0 Å². The molecule has 0 aromatic heterocycles. The molecule has 0 spiro atoms. The van der Waals surface area contributed by atoms with E-state index in [1.54, 1.807) is 16.3 Å². The van der Waals surface area contributed by atoms with Crippen LogP contribution in [0, 0.1) is 12.7 Å². The Morgan fingerprint density at radius 1 is 1.06 bits per heavy atom. The fourth-order valence-electron chi connectivity index (χ4n) is 3.60. The number of piperazine rings is 1. The molecule has 1 heterocycles. The molecule has 0 bridgehead atoms. The third-order valence-corrected chi connectivity index (χ3v) is 5.64. The zero-order valence-corrected chi connectivity index (χ0v) is 19.1. The first-order chi connectivity index (χ1) is 16.2. The summed E-state index contributed by atoms with van der Waals surface area (Å²) in [5, 5.41) is 1.81. The summed E-state index contributed by atoms with van der Waals surface area (Å²) in [5.41, 5.74) is 1.69. The number of Topliss-reactive ketones (excluding diaryl/α,β-unsaturated/α-hetero) is 1. The Labute approximate surface area is 196 Å². The highest BCUT2D eigenvalue weighted by Crippen LogP contribution is 2.23. The van der Waals surface area contributed by atoms with Crippen molar-refractivity contribution < 1.29 is 27.6 Å². The van der Waals surface area contributed by atoms with Gasteiger partial charge in [0, 0.05) is 43.0 Å². The number of alkyl halides is 2. The number of nitrogens with one attached hydrogen (secondary N) is 1. The standard InChI is InChI=1S/C24H27F3N4O3/c1-16-4-3-5-19(12-16)31(24(34)30-10-8-29(2)9-11-30)15-18-7-6-17(13-20(18)25)21(32)14-28-23(33)22(26)27/h3-7,12-13,22H,8-11,14-15H2,1-2H3,(H,28,33). The van der Waals surface area contributed by atoms with Gasteiger partial charge in [-0.15, -0.1) is 0 Å². The van der Waals surface area contributed by atoms with Crippen LogP contribution in [0.3, 0.4) is 0 Å². The lowest BCUT2D eigenvalue weighted by atomic mass is 10.1. The average Bonchev–Trinajstić information content (AvgIpc) is 2.81. The number of anilines is 1. The van der Waals surface area contributed by atoms with Crippen molar-refractivity contribution in [2.75, 3.05) is 44.7 Å². The lowest BCUT2D eigenvalue weighted by molar-refractivity contribution is -0.131. The van der Waals surface area contributed by atoms with Crippen molar-refractivity contribution in [2.45, 2.75) is 19.9 Å². The normalized spacial score (nSPS) is 14.2. The summed E-state index contributed by atoms with van der Waals surface area (Å²) in [6.07, 6.45) is -3.24. The second-order valence-corrected chi connectivity index (χ2v) is 8.25. The number of amides is 3. The first-order valence-electron chi connectivity index (χ1n) is 10.8. The van der Waals surface area contributed by atoms with E-state index in [-0.39, 0.29) is 23.7 Å². The van der Waals surface area contributed by atoms with Gasteiger partial charge in [0.1, 0.15) is 5.82 Å². The Morgan fingerprint density at radius 3 is 2.38 bits per heavy atom. The third-order valence-electron chi connectivity index (χ3n) is 5.64. The monoisotopic (exact) mass is 476 g/mol. The summed E-state index contributed by atoms with van der Waals surface area (Å²) in [6, 6.07) is 10.8. The van der Waals surface area contributed by atoms with Crippen molar-refractivity contribution in [1.29, 1.82) is 0 Å². The van der Waals surface area contributed by atoms with Crippen LogP contribution in [0.2, 0.25) is 0 Å². The van der Waals surface area contributed by atoms with Gasteiger partial charge in [0.2, 0.25) is 0 Å². The molecule has 1 N–H and O–H groups in total. The first kappa shape index (κ1) is 25.2. The summed E-state index contributed by atoms with van der Waals surface area (Å²) >= 11 is 0. The molecule has 3 rings (SSSR count). The molecule has 0 saturated carbocycles. The van der Waals surface area contributed by atoms with Gasteiger partial charge in [-0.3, -0.25) is 14.5 Å². The van der Waals surface area contributed by atoms with Crippen LogP contribution in [-0.2, 0) is 11.3 Å². The predicted molar refractivity (Wildman–Crippen MR) is 122 cm³/mol. The minimum Gasteiger partial charge on any atom is -0.344 e. The Hall–Kier alpha value is -3.40. The molecule has 2 aromatic carbocycles. The van der Waals surface area contributed by atoms with Crippen LogP contribution >= 0.6 is 0 Å². The summed E-state index contributed by atoms with van der Waals surface area (Å²) < 4.78 is 39.5. The molecule has 0 radical (unpaired) electrons. The van der Waals surface area contributed by atoms with Crippen LogP contribution < -0.4 is 10.2 Å². The second-order valence-electron chi connectivity index (χ2n) is 8.25. The molecule has 0 aliphatic carbocycles. The van der Waals surface area contributed by atoms with Crippen molar-refractivity contribution in [3.05, 3.63) is 65.0 Å². The van der Waals surface area contributed by atoms with Gasteiger partial charge in [-0.05, 0) is 37.7 Å². The summed E-state index contributed by atoms with van der Waals surface area (Å²) in [4.78, 5) is 41.8. The number of carbonyl (C=O) groups excluding carboxylic acids is 3. The van der Waals surface area contributed by atoms with Gasteiger partial charge in [-0.25, -0.2) is 9.18 Å². The summed E-state index contributed by atoms with van der Waals surface area (Å²) in [5.74, 6) is -2.99. The number of urea groups is 1. The number of nitrogens with zero attached hydrogens (tertiary/aromatic N) is 3.